The van der Waals surface area contributed by atoms with Gasteiger partial charge in [0.1, 0.15) is 5.01 Å². The second kappa shape index (κ2) is 8.57. The molecule has 2 aromatic rings. The van der Waals surface area contributed by atoms with Crippen molar-refractivity contribution in [1.29, 1.82) is 0 Å². The number of amides is 3. The highest BCUT2D eigenvalue weighted by Crippen LogP contribution is 2.24. The molecule has 7 nitrogen and oxygen atoms in total. The van der Waals surface area contributed by atoms with Gasteiger partial charge in [-0.2, -0.15) is 0 Å². The molecule has 0 bridgehead atoms. The topological polar surface area (TPSA) is 111 Å². The number of hydrogen-bond acceptors (Lipinski definition) is 6. The normalized spacial score (nSPS) is 11.8. The summed E-state index contributed by atoms with van der Waals surface area (Å²) >= 11 is 1.43. The number of nitrogens with zero attached hydrogens (tertiary/aromatic N) is 1. The number of nitrogens with two attached hydrogens (primary N) is 1. The maximum Gasteiger partial charge on any atom is 0.318 e. The van der Waals surface area contributed by atoms with E-state index in [0.717, 1.165) is 16.1 Å². The lowest BCUT2D eigenvalue weighted by atomic mass is 10.1. The Morgan fingerprint density at radius 1 is 1.23 bits per heavy atom. The summed E-state index contributed by atoms with van der Waals surface area (Å²) in [6.07, 6.45) is -1.15. The number of esters is 1. The molecule has 8 heteroatoms. The summed E-state index contributed by atoms with van der Waals surface area (Å²) in [7, 11) is 0. The van der Waals surface area contributed by atoms with Crippen LogP contribution < -0.4 is 11.1 Å². The van der Waals surface area contributed by atoms with Gasteiger partial charge in [-0.05, 0) is 12.8 Å². The van der Waals surface area contributed by atoms with Gasteiger partial charge in [0, 0.05) is 10.9 Å². The standard InChI is InChI=1S/C18H21N3O4S/c1-10(2)15(16(23)21-18(19)24)25-14(22)8-13-9-26-17(20-13)12-6-4-11(3)5-7-12/h4-7,9-10,15H,8H2,1-3H3,(H3,19,21,23,24)/t15-/m1/s1. The Morgan fingerprint density at radius 2 is 1.88 bits per heavy atom. The van der Waals surface area contributed by atoms with Crippen LogP contribution in [0, 0.1) is 12.8 Å². The van der Waals surface area contributed by atoms with E-state index in [1.807, 2.05) is 36.5 Å². The van der Waals surface area contributed by atoms with Crippen LogP contribution in [-0.2, 0) is 20.7 Å². The molecular weight excluding hydrogens is 354 g/mol. The number of benzene rings is 1. The van der Waals surface area contributed by atoms with Crippen LogP contribution >= 0.6 is 11.3 Å². The average Bonchev–Trinajstić information content (AvgIpc) is 3.00. The lowest BCUT2D eigenvalue weighted by molar-refractivity contribution is -0.157. The van der Waals surface area contributed by atoms with Crippen LogP contribution in [0.15, 0.2) is 29.6 Å². The number of rotatable bonds is 6. The molecule has 0 fully saturated rings. The molecule has 0 saturated heterocycles. The van der Waals surface area contributed by atoms with Crippen LogP contribution in [0.1, 0.15) is 25.1 Å². The lowest BCUT2D eigenvalue weighted by Gasteiger charge is -2.19. The Balaban J connectivity index is 2.01. The van der Waals surface area contributed by atoms with Gasteiger partial charge in [0.15, 0.2) is 6.10 Å². The van der Waals surface area contributed by atoms with Crippen molar-refractivity contribution in [2.24, 2.45) is 11.7 Å². The molecule has 2 rings (SSSR count). The number of aromatic nitrogens is 1. The van der Waals surface area contributed by atoms with Crippen LogP contribution in [0.4, 0.5) is 4.79 Å². The predicted octanol–water partition coefficient (Wildman–Crippen LogP) is 2.42. The van der Waals surface area contributed by atoms with Crippen molar-refractivity contribution < 1.29 is 19.1 Å². The van der Waals surface area contributed by atoms with Crippen molar-refractivity contribution in [1.82, 2.24) is 10.3 Å². The van der Waals surface area contributed by atoms with E-state index < -0.39 is 24.0 Å². The molecule has 1 heterocycles. The summed E-state index contributed by atoms with van der Waals surface area (Å²) in [6, 6.07) is 6.95. The third-order valence-electron chi connectivity index (χ3n) is 3.54. The monoisotopic (exact) mass is 375 g/mol. The number of primary amides is 1. The van der Waals surface area contributed by atoms with Crippen LogP contribution in [0.5, 0.6) is 0 Å². The third kappa shape index (κ3) is 5.38. The minimum absolute atomic E-state index is 0.0601. The van der Waals surface area contributed by atoms with E-state index >= 15 is 0 Å². The summed E-state index contributed by atoms with van der Waals surface area (Å²) in [6.45, 7) is 5.42. The summed E-state index contributed by atoms with van der Waals surface area (Å²) < 4.78 is 5.22. The molecule has 0 saturated carbocycles. The lowest BCUT2D eigenvalue weighted by Crippen LogP contribution is -2.45. The van der Waals surface area contributed by atoms with Crippen molar-refractivity contribution >= 4 is 29.2 Å². The van der Waals surface area contributed by atoms with Crippen molar-refractivity contribution in [2.45, 2.75) is 33.3 Å². The Bertz CT molecular complexity index is 799. The maximum absolute atomic E-state index is 12.2. The molecule has 0 spiro atoms. The summed E-state index contributed by atoms with van der Waals surface area (Å²) in [4.78, 5) is 39.3. The Kier molecular flexibility index (Phi) is 6.46. The zero-order valence-electron chi connectivity index (χ0n) is 14.8. The van der Waals surface area contributed by atoms with Crippen LogP contribution in [-0.4, -0.2) is 29.0 Å². The van der Waals surface area contributed by atoms with Gasteiger partial charge in [-0.1, -0.05) is 43.7 Å². The highest BCUT2D eigenvalue weighted by molar-refractivity contribution is 7.13. The molecule has 3 amide bonds. The van der Waals surface area contributed by atoms with Crippen molar-refractivity contribution in [3.05, 3.63) is 40.9 Å². The number of aryl methyl sites for hydroxylation is 1. The van der Waals surface area contributed by atoms with Crippen molar-refractivity contribution in [2.75, 3.05) is 0 Å². The quantitative estimate of drug-likeness (QED) is 0.753. The molecule has 1 atom stereocenters. The van der Waals surface area contributed by atoms with E-state index in [0.29, 0.717) is 5.69 Å². The molecule has 0 aliphatic carbocycles. The first-order valence-electron chi connectivity index (χ1n) is 8.07. The van der Waals surface area contributed by atoms with Gasteiger partial charge < -0.3 is 10.5 Å². The molecule has 0 aliphatic heterocycles. The number of ether oxygens (including phenoxy) is 1. The number of thiazole rings is 1. The van der Waals surface area contributed by atoms with Gasteiger partial charge in [0.05, 0.1) is 12.1 Å². The largest absolute Gasteiger partial charge is 0.452 e. The summed E-state index contributed by atoms with van der Waals surface area (Å²) in [5.74, 6) is -1.64. The Labute approximate surface area is 155 Å². The van der Waals surface area contributed by atoms with Crippen molar-refractivity contribution in [3.8, 4) is 10.6 Å². The maximum atomic E-state index is 12.2. The Morgan fingerprint density at radius 3 is 2.46 bits per heavy atom. The molecule has 1 aromatic heterocycles. The number of hydrogen-bond donors (Lipinski definition) is 2. The van der Waals surface area contributed by atoms with E-state index in [-0.39, 0.29) is 12.3 Å². The molecule has 26 heavy (non-hydrogen) atoms. The van der Waals surface area contributed by atoms with Gasteiger partial charge in [0.2, 0.25) is 0 Å². The number of nitrogens with one attached hydrogen (secondary N) is 1. The summed E-state index contributed by atoms with van der Waals surface area (Å²) in [5, 5.41) is 4.52. The van der Waals surface area contributed by atoms with Crippen LogP contribution in [0.3, 0.4) is 0 Å². The second-order valence-corrected chi connectivity index (χ2v) is 7.05. The number of imide groups is 1. The number of carbonyl (C=O) groups excluding carboxylic acids is 3. The van der Waals surface area contributed by atoms with Gasteiger partial charge in [-0.3, -0.25) is 14.9 Å². The molecule has 0 radical (unpaired) electrons. The van der Waals surface area contributed by atoms with E-state index in [1.54, 1.807) is 19.2 Å². The number of carbonyl (C=O) groups is 3. The minimum atomic E-state index is -1.09. The molecule has 0 unspecified atom stereocenters. The molecule has 0 aliphatic rings. The predicted molar refractivity (Wildman–Crippen MR) is 98.4 cm³/mol. The Hall–Kier alpha value is -2.74. The van der Waals surface area contributed by atoms with Gasteiger partial charge in [-0.15, -0.1) is 11.3 Å². The molecule has 3 N–H and O–H groups in total. The highest BCUT2D eigenvalue weighted by Gasteiger charge is 2.27. The van der Waals surface area contributed by atoms with Crippen LogP contribution in [0.25, 0.3) is 10.6 Å². The molecule has 1 aromatic carbocycles. The van der Waals surface area contributed by atoms with Gasteiger partial charge in [0.25, 0.3) is 5.91 Å². The smallest absolute Gasteiger partial charge is 0.318 e. The highest BCUT2D eigenvalue weighted by atomic mass is 32.1. The molecule has 138 valence electrons. The fourth-order valence-corrected chi connectivity index (χ4v) is 3.06. The second-order valence-electron chi connectivity index (χ2n) is 6.19. The van der Waals surface area contributed by atoms with Gasteiger partial charge in [-0.25, -0.2) is 9.78 Å². The SMILES string of the molecule is Cc1ccc(-c2nc(CC(=O)O[C@@H](C(=O)NC(N)=O)C(C)C)cs2)cc1. The first kappa shape index (κ1) is 19.6. The van der Waals surface area contributed by atoms with E-state index in [2.05, 4.69) is 4.98 Å². The van der Waals surface area contributed by atoms with Crippen molar-refractivity contribution in [3.63, 3.8) is 0 Å². The fourth-order valence-electron chi connectivity index (χ4n) is 2.23. The first-order valence-corrected chi connectivity index (χ1v) is 8.95. The average molecular weight is 375 g/mol. The fraction of sp³-hybridized carbons (Fsp3) is 0.333. The van der Waals surface area contributed by atoms with Gasteiger partial charge >= 0.3 is 12.0 Å². The van der Waals surface area contributed by atoms with E-state index in [1.165, 1.54) is 11.3 Å². The first-order chi connectivity index (χ1) is 12.3. The summed E-state index contributed by atoms with van der Waals surface area (Å²) in [5.41, 5.74) is 7.63. The van der Waals surface area contributed by atoms with E-state index in [4.69, 9.17) is 10.5 Å². The number of urea groups is 1. The minimum Gasteiger partial charge on any atom is -0.452 e. The zero-order chi connectivity index (χ0) is 19.3. The zero-order valence-corrected chi connectivity index (χ0v) is 15.6. The van der Waals surface area contributed by atoms with E-state index in [9.17, 15) is 14.4 Å². The molecular formula is C18H21N3O4S. The van der Waals surface area contributed by atoms with Crippen LogP contribution in [0.2, 0.25) is 0 Å². The third-order valence-corrected chi connectivity index (χ3v) is 4.48.